The van der Waals surface area contributed by atoms with E-state index >= 15 is 0 Å². The fourth-order valence-corrected chi connectivity index (χ4v) is 1.87. The Balaban J connectivity index is 3.34. The molecule has 0 amide bonds. The SMILES string of the molecule is COC(=O)Cc1c(C(F)F)cc(I)nc1OC(F)(F)F. The minimum atomic E-state index is -5.11. The fraction of sp³-hybridized carbons (Fsp3) is 0.400. The van der Waals surface area contributed by atoms with E-state index < -0.39 is 42.2 Å². The van der Waals surface area contributed by atoms with Gasteiger partial charge in [-0.2, -0.15) is 0 Å². The molecule has 112 valence electrons. The van der Waals surface area contributed by atoms with Crippen molar-refractivity contribution in [1.82, 2.24) is 4.98 Å². The number of aromatic nitrogens is 1. The van der Waals surface area contributed by atoms with Gasteiger partial charge in [0.2, 0.25) is 5.88 Å². The number of ether oxygens (including phenoxy) is 2. The molecule has 0 atom stereocenters. The molecule has 0 spiro atoms. The van der Waals surface area contributed by atoms with Gasteiger partial charge in [-0.15, -0.1) is 13.2 Å². The van der Waals surface area contributed by atoms with Gasteiger partial charge in [-0.25, -0.2) is 13.8 Å². The third kappa shape index (κ3) is 4.72. The molecule has 0 aliphatic rings. The topological polar surface area (TPSA) is 48.4 Å². The number of rotatable bonds is 4. The number of hydrogen-bond acceptors (Lipinski definition) is 4. The summed E-state index contributed by atoms with van der Waals surface area (Å²) in [5, 5.41) is 0. The molecule has 0 aromatic carbocycles. The Labute approximate surface area is 123 Å². The van der Waals surface area contributed by atoms with Crippen LogP contribution in [-0.2, 0) is 16.0 Å². The van der Waals surface area contributed by atoms with Gasteiger partial charge in [0.15, 0.2) is 0 Å². The normalized spacial score (nSPS) is 11.6. The third-order valence-corrected chi connectivity index (χ3v) is 2.64. The second kappa shape index (κ2) is 6.50. The molecule has 1 rings (SSSR count). The van der Waals surface area contributed by atoms with Crippen molar-refractivity contribution in [3.05, 3.63) is 20.9 Å². The highest BCUT2D eigenvalue weighted by Gasteiger charge is 2.35. The number of carbonyl (C=O) groups excluding carboxylic acids is 1. The molecule has 0 aliphatic heterocycles. The van der Waals surface area contributed by atoms with Crippen molar-refractivity contribution in [2.45, 2.75) is 19.2 Å². The molecular formula is C10H7F5INO3. The highest BCUT2D eigenvalue weighted by atomic mass is 127. The minimum Gasteiger partial charge on any atom is -0.469 e. The number of esters is 1. The van der Waals surface area contributed by atoms with Crippen molar-refractivity contribution in [2.75, 3.05) is 7.11 Å². The molecule has 0 unspecified atom stereocenters. The summed E-state index contributed by atoms with van der Waals surface area (Å²) in [4.78, 5) is 14.5. The van der Waals surface area contributed by atoms with E-state index in [1.54, 1.807) is 0 Å². The van der Waals surface area contributed by atoms with Gasteiger partial charge in [-0.05, 0) is 28.7 Å². The molecule has 0 aliphatic carbocycles. The Morgan fingerprint density at radius 3 is 2.50 bits per heavy atom. The van der Waals surface area contributed by atoms with Crippen LogP contribution in [0, 0.1) is 3.70 Å². The number of pyridine rings is 1. The Kier molecular flexibility index (Phi) is 5.48. The molecule has 0 bridgehead atoms. The number of hydrogen-bond donors (Lipinski definition) is 0. The van der Waals surface area contributed by atoms with Gasteiger partial charge < -0.3 is 9.47 Å². The van der Waals surface area contributed by atoms with E-state index in [4.69, 9.17) is 0 Å². The van der Waals surface area contributed by atoms with E-state index in [-0.39, 0.29) is 3.70 Å². The molecular weight excluding hydrogens is 404 g/mol. The second-order valence-corrected chi connectivity index (χ2v) is 4.52. The van der Waals surface area contributed by atoms with Crippen LogP contribution in [0.4, 0.5) is 22.0 Å². The van der Waals surface area contributed by atoms with Gasteiger partial charge in [0.1, 0.15) is 3.70 Å². The van der Waals surface area contributed by atoms with Crippen molar-refractivity contribution in [1.29, 1.82) is 0 Å². The molecule has 0 radical (unpaired) electrons. The fourth-order valence-electron chi connectivity index (χ4n) is 1.32. The molecule has 0 N–H and O–H groups in total. The van der Waals surface area contributed by atoms with Crippen LogP contribution in [0.2, 0.25) is 0 Å². The number of nitrogens with zero attached hydrogens (tertiary/aromatic N) is 1. The standard InChI is InChI=1S/C10H7F5INO3/c1-19-7(18)3-5-4(8(11)12)2-6(16)17-9(5)20-10(13,14)15/h2,8H,3H2,1H3. The van der Waals surface area contributed by atoms with Crippen LogP contribution < -0.4 is 4.74 Å². The summed E-state index contributed by atoms with van der Waals surface area (Å²) in [5.41, 5.74) is -1.40. The second-order valence-electron chi connectivity index (χ2n) is 3.42. The summed E-state index contributed by atoms with van der Waals surface area (Å²) in [5.74, 6) is -2.06. The van der Waals surface area contributed by atoms with Crippen LogP contribution in [0.1, 0.15) is 17.6 Å². The molecule has 0 fully saturated rings. The number of carbonyl (C=O) groups is 1. The van der Waals surface area contributed by atoms with E-state index in [1.807, 2.05) is 0 Å². The van der Waals surface area contributed by atoms with Crippen LogP contribution in [0.25, 0.3) is 0 Å². The monoisotopic (exact) mass is 411 g/mol. The quantitative estimate of drug-likeness (QED) is 0.331. The van der Waals surface area contributed by atoms with Crippen LogP contribution in [0.3, 0.4) is 0 Å². The molecule has 0 saturated carbocycles. The molecule has 20 heavy (non-hydrogen) atoms. The van der Waals surface area contributed by atoms with Crippen LogP contribution in [-0.4, -0.2) is 24.4 Å². The zero-order valence-electron chi connectivity index (χ0n) is 9.80. The third-order valence-electron chi connectivity index (χ3n) is 2.09. The lowest BCUT2D eigenvalue weighted by Crippen LogP contribution is -2.21. The van der Waals surface area contributed by atoms with Crippen molar-refractivity contribution in [3.63, 3.8) is 0 Å². The summed E-state index contributed by atoms with van der Waals surface area (Å²) in [7, 11) is 0.981. The Morgan fingerprint density at radius 1 is 1.45 bits per heavy atom. The first kappa shape index (κ1) is 16.9. The van der Waals surface area contributed by atoms with Gasteiger partial charge in [-0.1, -0.05) is 0 Å². The maximum Gasteiger partial charge on any atom is 0.574 e. The van der Waals surface area contributed by atoms with Crippen molar-refractivity contribution in [2.24, 2.45) is 0 Å². The predicted molar refractivity (Wildman–Crippen MR) is 64.3 cm³/mol. The predicted octanol–water partition coefficient (Wildman–Crippen LogP) is 3.24. The van der Waals surface area contributed by atoms with Crippen molar-refractivity contribution < 1.29 is 36.2 Å². The van der Waals surface area contributed by atoms with Crippen molar-refractivity contribution in [3.8, 4) is 5.88 Å². The van der Waals surface area contributed by atoms with E-state index in [1.165, 1.54) is 22.6 Å². The molecule has 1 aromatic rings. The zero-order valence-corrected chi connectivity index (χ0v) is 12.0. The van der Waals surface area contributed by atoms with E-state index in [0.29, 0.717) is 0 Å². The highest BCUT2D eigenvalue weighted by Crippen LogP contribution is 2.33. The van der Waals surface area contributed by atoms with E-state index in [2.05, 4.69) is 14.5 Å². The maximum absolute atomic E-state index is 12.9. The van der Waals surface area contributed by atoms with E-state index in [9.17, 15) is 26.7 Å². The number of methoxy groups -OCH3 is 1. The van der Waals surface area contributed by atoms with Crippen LogP contribution in [0.5, 0.6) is 5.88 Å². The lowest BCUT2D eigenvalue weighted by molar-refractivity contribution is -0.276. The lowest BCUT2D eigenvalue weighted by Gasteiger charge is -2.15. The summed E-state index contributed by atoms with van der Waals surface area (Å²) in [6.07, 6.45) is -8.99. The van der Waals surface area contributed by atoms with Gasteiger partial charge in [-0.3, -0.25) is 4.79 Å². The molecule has 0 saturated heterocycles. The Bertz CT molecular complexity index is 506. The first-order chi connectivity index (χ1) is 9.14. The molecule has 1 aromatic heterocycles. The Hall–Kier alpha value is -1.20. The summed E-state index contributed by atoms with van der Waals surface area (Å²) < 4.78 is 70.1. The first-order valence-corrected chi connectivity index (χ1v) is 6.02. The maximum atomic E-state index is 12.9. The average molecular weight is 411 g/mol. The van der Waals surface area contributed by atoms with E-state index in [0.717, 1.165) is 13.2 Å². The average Bonchev–Trinajstić information content (AvgIpc) is 2.29. The smallest absolute Gasteiger partial charge is 0.469 e. The van der Waals surface area contributed by atoms with Crippen molar-refractivity contribution >= 4 is 28.6 Å². The summed E-state index contributed by atoms with van der Waals surface area (Å²) in [6, 6.07) is 0.882. The van der Waals surface area contributed by atoms with Crippen LogP contribution >= 0.6 is 22.6 Å². The van der Waals surface area contributed by atoms with Gasteiger partial charge in [0.05, 0.1) is 13.5 Å². The number of halogens is 6. The largest absolute Gasteiger partial charge is 0.574 e. The van der Waals surface area contributed by atoms with Gasteiger partial charge in [0.25, 0.3) is 6.43 Å². The summed E-state index contributed by atoms with van der Waals surface area (Å²) >= 11 is 1.47. The lowest BCUT2D eigenvalue weighted by atomic mass is 10.1. The minimum absolute atomic E-state index is 0.120. The number of alkyl halides is 5. The summed E-state index contributed by atoms with van der Waals surface area (Å²) in [6.45, 7) is 0. The highest BCUT2D eigenvalue weighted by molar-refractivity contribution is 14.1. The molecule has 1 heterocycles. The van der Waals surface area contributed by atoms with Gasteiger partial charge in [0, 0.05) is 11.1 Å². The van der Waals surface area contributed by atoms with Gasteiger partial charge >= 0.3 is 12.3 Å². The first-order valence-electron chi connectivity index (χ1n) is 4.94. The molecule has 4 nitrogen and oxygen atoms in total. The van der Waals surface area contributed by atoms with Crippen LogP contribution in [0.15, 0.2) is 6.07 Å². The Morgan fingerprint density at radius 2 is 2.05 bits per heavy atom. The zero-order chi connectivity index (χ0) is 15.5. The molecule has 10 heteroatoms.